The summed E-state index contributed by atoms with van der Waals surface area (Å²) in [5.41, 5.74) is 1.40. The Balaban J connectivity index is 1.95. The SMILES string of the molecule is CC(NCC1(C)CCOCC1)c1ccc(S(C)(=O)=O)cc1. The van der Waals surface area contributed by atoms with Gasteiger partial charge in [-0.1, -0.05) is 19.1 Å². The van der Waals surface area contributed by atoms with Gasteiger partial charge in [0.15, 0.2) is 9.84 Å². The lowest BCUT2D eigenvalue weighted by molar-refractivity contribution is 0.0231. The van der Waals surface area contributed by atoms with E-state index in [1.807, 2.05) is 12.1 Å². The van der Waals surface area contributed by atoms with E-state index in [0.717, 1.165) is 38.2 Å². The molecule has 0 aromatic heterocycles. The molecule has 2 rings (SSSR count). The third-order valence-electron chi connectivity index (χ3n) is 4.34. The molecule has 1 aliphatic rings. The van der Waals surface area contributed by atoms with E-state index < -0.39 is 9.84 Å². The van der Waals surface area contributed by atoms with Crippen molar-refractivity contribution in [2.45, 2.75) is 37.6 Å². The van der Waals surface area contributed by atoms with Gasteiger partial charge in [-0.3, -0.25) is 0 Å². The van der Waals surface area contributed by atoms with Crippen LogP contribution in [0.15, 0.2) is 29.2 Å². The molecule has 0 radical (unpaired) electrons. The third-order valence-corrected chi connectivity index (χ3v) is 5.47. The van der Waals surface area contributed by atoms with Gasteiger partial charge in [-0.15, -0.1) is 0 Å². The molecule has 118 valence electrons. The van der Waals surface area contributed by atoms with Gasteiger partial charge in [0.1, 0.15) is 0 Å². The molecule has 1 aromatic rings. The van der Waals surface area contributed by atoms with E-state index in [1.54, 1.807) is 12.1 Å². The summed E-state index contributed by atoms with van der Waals surface area (Å²) >= 11 is 0. The van der Waals surface area contributed by atoms with Gasteiger partial charge in [0.25, 0.3) is 0 Å². The highest BCUT2D eigenvalue weighted by Gasteiger charge is 2.27. The van der Waals surface area contributed by atoms with Gasteiger partial charge in [-0.2, -0.15) is 0 Å². The molecule has 1 N–H and O–H groups in total. The molecule has 1 aliphatic heterocycles. The molecule has 0 aliphatic carbocycles. The fraction of sp³-hybridized carbons (Fsp3) is 0.625. The highest BCUT2D eigenvalue weighted by molar-refractivity contribution is 7.90. The second-order valence-corrected chi connectivity index (χ2v) is 8.38. The van der Waals surface area contributed by atoms with E-state index in [0.29, 0.717) is 10.3 Å². The first-order chi connectivity index (χ1) is 9.80. The zero-order valence-corrected chi connectivity index (χ0v) is 13.9. The number of hydrogen-bond acceptors (Lipinski definition) is 4. The van der Waals surface area contributed by atoms with Crippen LogP contribution in [0.2, 0.25) is 0 Å². The fourth-order valence-electron chi connectivity index (χ4n) is 2.56. The van der Waals surface area contributed by atoms with Crippen molar-refractivity contribution in [1.29, 1.82) is 0 Å². The molecule has 1 heterocycles. The lowest BCUT2D eigenvalue weighted by Crippen LogP contribution is -2.37. The Labute approximate surface area is 127 Å². The number of benzene rings is 1. The number of rotatable bonds is 5. The van der Waals surface area contributed by atoms with Crippen molar-refractivity contribution in [2.24, 2.45) is 5.41 Å². The summed E-state index contributed by atoms with van der Waals surface area (Å²) in [6, 6.07) is 7.34. The summed E-state index contributed by atoms with van der Waals surface area (Å²) in [6.07, 6.45) is 3.40. The van der Waals surface area contributed by atoms with Crippen molar-refractivity contribution in [3.63, 3.8) is 0 Å². The van der Waals surface area contributed by atoms with Gasteiger partial charge < -0.3 is 10.1 Å². The number of sulfone groups is 1. The fourth-order valence-corrected chi connectivity index (χ4v) is 3.19. The average molecular weight is 311 g/mol. The first-order valence-electron chi connectivity index (χ1n) is 7.41. The van der Waals surface area contributed by atoms with Crippen molar-refractivity contribution in [3.05, 3.63) is 29.8 Å². The van der Waals surface area contributed by atoms with Gasteiger partial charge in [0, 0.05) is 32.1 Å². The van der Waals surface area contributed by atoms with E-state index in [-0.39, 0.29) is 6.04 Å². The molecule has 1 saturated heterocycles. The zero-order chi connectivity index (χ0) is 15.5. The Bertz CT molecular complexity index is 560. The summed E-state index contributed by atoms with van der Waals surface area (Å²) in [5, 5.41) is 3.56. The summed E-state index contributed by atoms with van der Waals surface area (Å²) in [7, 11) is -3.12. The monoisotopic (exact) mass is 311 g/mol. The molecule has 1 atom stereocenters. The topological polar surface area (TPSA) is 55.4 Å². The van der Waals surface area contributed by atoms with Crippen LogP contribution in [0.4, 0.5) is 0 Å². The van der Waals surface area contributed by atoms with Crippen LogP contribution in [-0.4, -0.2) is 34.4 Å². The lowest BCUT2D eigenvalue weighted by Gasteiger charge is -2.34. The minimum absolute atomic E-state index is 0.207. The molecular weight excluding hydrogens is 286 g/mol. The van der Waals surface area contributed by atoms with Crippen LogP contribution in [0.3, 0.4) is 0 Å². The maximum absolute atomic E-state index is 11.5. The molecule has 0 amide bonds. The molecule has 0 spiro atoms. The average Bonchev–Trinajstić information content (AvgIpc) is 2.45. The van der Waals surface area contributed by atoms with E-state index in [1.165, 1.54) is 6.26 Å². The van der Waals surface area contributed by atoms with Gasteiger partial charge in [-0.25, -0.2) is 8.42 Å². The van der Waals surface area contributed by atoms with E-state index >= 15 is 0 Å². The highest BCUT2D eigenvalue weighted by Crippen LogP contribution is 2.29. The van der Waals surface area contributed by atoms with E-state index in [2.05, 4.69) is 19.2 Å². The normalized spacial score (nSPS) is 20.1. The van der Waals surface area contributed by atoms with E-state index in [4.69, 9.17) is 4.74 Å². The van der Waals surface area contributed by atoms with Crippen molar-refractivity contribution in [3.8, 4) is 0 Å². The van der Waals surface area contributed by atoms with Gasteiger partial charge in [0.2, 0.25) is 0 Å². The molecule has 1 unspecified atom stereocenters. The largest absolute Gasteiger partial charge is 0.381 e. The minimum atomic E-state index is -3.12. The Kier molecular flexibility index (Phi) is 5.07. The quantitative estimate of drug-likeness (QED) is 0.908. The smallest absolute Gasteiger partial charge is 0.175 e. The van der Waals surface area contributed by atoms with Crippen LogP contribution in [0.5, 0.6) is 0 Å². The second-order valence-electron chi connectivity index (χ2n) is 6.37. The Hall–Kier alpha value is -0.910. The van der Waals surface area contributed by atoms with Crippen LogP contribution < -0.4 is 5.32 Å². The van der Waals surface area contributed by atoms with Crippen LogP contribution in [0.1, 0.15) is 38.3 Å². The predicted octanol–water partition coefficient (Wildman–Crippen LogP) is 2.56. The van der Waals surface area contributed by atoms with Crippen LogP contribution in [0.25, 0.3) is 0 Å². The van der Waals surface area contributed by atoms with Gasteiger partial charge in [0.05, 0.1) is 4.90 Å². The predicted molar refractivity (Wildman–Crippen MR) is 84.1 cm³/mol. The molecular formula is C16H25NO3S. The molecule has 4 nitrogen and oxygen atoms in total. The Morgan fingerprint density at radius 1 is 1.24 bits per heavy atom. The minimum Gasteiger partial charge on any atom is -0.381 e. The van der Waals surface area contributed by atoms with E-state index in [9.17, 15) is 8.42 Å². The van der Waals surface area contributed by atoms with Gasteiger partial charge in [-0.05, 0) is 42.9 Å². The van der Waals surface area contributed by atoms with Crippen molar-refractivity contribution in [2.75, 3.05) is 26.0 Å². The third kappa shape index (κ3) is 4.53. The first kappa shape index (κ1) is 16.5. The molecule has 0 bridgehead atoms. The Morgan fingerprint density at radius 3 is 2.33 bits per heavy atom. The van der Waals surface area contributed by atoms with Crippen molar-refractivity contribution >= 4 is 9.84 Å². The Morgan fingerprint density at radius 2 is 1.81 bits per heavy atom. The maximum Gasteiger partial charge on any atom is 0.175 e. The number of hydrogen-bond donors (Lipinski definition) is 1. The summed E-state index contributed by atoms with van der Waals surface area (Å²) in [4.78, 5) is 0.370. The van der Waals surface area contributed by atoms with Crippen LogP contribution in [0, 0.1) is 5.41 Å². The summed E-state index contributed by atoms with van der Waals surface area (Å²) in [5.74, 6) is 0. The van der Waals surface area contributed by atoms with Crippen LogP contribution >= 0.6 is 0 Å². The van der Waals surface area contributed by atoms with Crippen molar-refractivity contribution < 1.29 is 13.2 Å². The lowest BCUT2D eigenvalue weighted by atomic mass is 9.82. The standard InChI is InChI=1S/C16H25NO3S/c1-13(17-12-16(2)8-10-20-11-9-16)14-4-6-15(7-5-14)21(3,18)19/h4-7,13,17H,8-12H2,1-3H3. The molecule has 21 heavy (non-hydrogen) atoms. The second kappa shape index (κ2) is 6.46. The van der Waals surface area contributed by atoms with Crippen molar-refractivity contribution in [1.82, 2.24) is 5.32 Å². The van der Waals surface area contributed by atoms with Gasteiger partial charge >= 0.3 is 0 Å². The molecule has 1 aromatic carbocycles. The maximum atomic E-state index is 11.5. The number of nitrogens with one attached hydrogen (secondary N) is 1. The first-order valence-corrected chi connectivity index (χ1v) is 9.30. The zero-order valence-electron chi connectivity index (χ0n) is 13.1. The highest BCUT2D eigenvalue weighted by atomic mass is 32.2. The molecule has 5 heteroatoms. The molecule has 0 saturated carbocycles. The number of ether oxygens (including phenoxy) is 1. The van der Waals surface area contributed by atoms with Crippen LogP contribution in [-0.2, 0) is 14.6 Å². The summed E-state index contributed by atoms with van der Waals surface area (Å²) in [6.45, 7) is 7.04. The summed E-state index contributed by atoms with van der Waals surface area (Å²) < 4.78 is 28.3. The molecule has 1 fully saturated rings.